The van der Waals surface area contributed by atoms with Crippen LogP contribution in [0.25, 0.3) is 0 Å². The molecule has 1 rings (SSSR count). The highest BCUT2D eigenvalue weighted by Gasteiger charge is 2.61. The van der Waals surface area contributed by atoms with Crippen molar-refractivity contribution >= 4 is 5.97 Å². The van der Waals surface area contributed by atoms with Crippen LogP contribution in [0, 0.1) is 50.9 Å². The number of rotatable bonds is 1. The summed E-state index contributed by atoms with van der Waals surface area (Å²) in [6.45, 7) is 0. The van der Waals surface area contributed by atoms with Gasteiger partial charge in [0.1, 0.15) is 6.07 Å². The van der Waals surface area contributed by atoms with Gasteiger partial charge in [0.05, 0.1) is 46.3 Å². The molecule has 1 heterocycles. The number of nitriles is 4. The number of hydrogen-bond donors (Lipinski definition) is 0. The molecule has 1 aliphatic heterocycles. The smallest absolute Gasteiger partial charge is 0.215 e. The maximum Gasteiger partial charge on any atom is 0.215 e. The Kier molecular flexibility index (Phi) is 5.06. The number of nitrogens with zero attached hydrogens (tertiary/aromatic N) is 6. The summed E-state index contributed by atoms with van der Waals surface area (Å²) in [5.74, 6) is -1.97. The van der Waals surface area contributed by atoms with Crippen molar-refractivity contribution < 1.29 is 14.4 Å². The Morgan fingerprint density at radius 3 is 1.76 bits per heavy atom. The van der Waals surface area contributed by atoms with Crippen LogP contribution in [-0.2, 0) is 4.79 Å². The molecule has 0 radical (unpaired) electrons. The number of carbonyl (C=O) groups is 1. The van der Waals surface area contributed by atoms with E-state index in [2.05, 4.69) is 28.2 Å². The van der Waals surface area contributed by atoms with Crippen LogP contribution in [0.4, 0.5) is 0 Å². The van der Waals surface area contributed by atoms with Gasteiger partial charge in [0.25, 0.3) is 0 Å². The first kappa shape index (κ1) is 17.9. The van der Waals surface area contributed by atoms with Crippen molar-refractivity contribution in [1.82, 2.24) is 4.90 Å². The molecule has 0 saturated heterocycles. The Morgan fingerprint density at radius 2 is 1.52 bits per heavy atom. The van der Waals surface area contributed by atoms with Crippen molar-refractivity contribution in [3.05, 3.63) is 12.3 Å². The molecule has 1 aliphatic rings. The monoisotopic (exact) mass is 286 g/mol. The second-order valence-electron chi connectivity index (χ2n) is 5.61. The minimum absolute atomic E-state index is 0.425. The molecule has 0 aromatic carbocycles. The Balaban J connectivity index is 0.000000690. The minimum Gasteiger partial charge on any atom is -0.546 e. The lowest BCUT2D eigenvalue weighted by molar-refractivity contribution is -0.849. The van der Waals surface area contributed by atoms with Crippen LogP contribution >= 0.6 is 0 Å². The molecule has 0 aromatic heterocycles. The van der Waals surface area contributed by atoms with Gasteiger partial charge < -0.3 is 14.4 Å². The lowest BCUT2D eigenvalue weighted by atomic mass is 9.73. The molecule has 1 unspecified atom stereocenters. The van der Waals surface area contributed by atoms with Gasteiger partial charge in [-0.25, -0.2) is 0 Å². The third-order valence-electron chi connectivity index (χ3n) is 2.32. The number of hydrogen-bond acceptors (Lipinski definition) is 7. The first-order valence-electron chi connectivity index (χ1n) is 5.67. The standard InChI is InChI=1S/C9H3N5O2.C4H12N/c10-3-8(4-11)1-2-14(6-13)9(8,5-12)7(15)16;1-5(2,3)4/h1-2H,(H,15,16);1-4H3/q;+1/p-1. The van der Waals surface area contributed by atoms with Gasteiger partial charge in [-0.2, -0.15) is 21.0 Å². The van der Waals surface area contributed by atoms with Gasteiger partial charge in [-0.3, -0.25) is 4.90 Å². The average Bonchev–Trinajstić information content (AvgIpc) is 2.71. The van der Waals surface area contributed by atoms with E-state index in [0.717, 1.165) is 16.8 Å². The van der Waals surface area contributed by atoms with Crippen LogP contribution in [0.5, 0.6) is 0 Å². The third kappa shape index (κ3) is 3.09. The highest BCUT2D eigenvalue weighted by Crippen LogP contribution is 2.41. The molecule has 0 N–H and O–H groups in total. The number of carboxylic acids is 1. The molecular formula is C13H14N6O2. The molecule has 21 heavy (non-hydrogen) atoms. The van der Waals surface area contributed by atoms with Crippen molar-refractivity contribution in [3.63, 3.8) is 0 Å². The predicted octanol–water partition coefficient (Wildman–Crippen LogP) is -1.33. The largest absolute Gasteiger partial charge is 0.546 e. The molecule has 0 spiro atoms. The van der Waals surface area contributed by atoms with Crippen molar-refractivity contribution in [2.24, 2.45) is 5.41 Å². The predicted molar refractivity (Wildman–Crippen MR) is 67.6 cm³/mol. The van der Waals surface area contributed by atoms with E-state index in [9.17, 15) is 9.90 Å². The van der Waals surface area contributed by atoms with E-state index >= 15 is 0 Å². The summed E-state index contributed by atoms with van der Waals surface area (Å²) < 4.78 is 1.00. The minimum atomic E-state index is -2.63. The van der Waals surface area contributed by atoms with Gasteiger partial charge >= 0.3 is 0 Å². The normalized spacial score (nSPS) is 21.8. The molecule has 8 nitrogen and oxygen atoms in total. The number of carboxylic acid groups (broad SMARTS) is 1. The Hall–Kier alpha value is -3.07. The summed E-state index contributed by atoms with van der Waals surface area (Å²) in [6, 6.07) is 4.17. The summed E-state index contributed by atoms with van der Waals surface area (Å²) in [5.41, 5.74) is -4.89. The van der Waals surface area contributed by atoms with Crippen LogP contribution < -0.4 is 5.11 Å². The van der Waals surface area contributed by atoms with E-state index < -0.39 is 16.9 Å². The first-order chi connectivity index (χ1) is 9.54. The van der Waals surface area contributed by atoms with E-state index in [1.165, 1.54) is 24.4 Å². The van der Waals surface area contributed by atoms with Crippen molar-refractivity contribution in [2.75, 3.05) is 28.2 Å². The molecule has 108 valence electrons. The fourth-order valence-electron chi connectivity index (χ4n) is 1.43. The molecule has 1 atom stereocenters. The number of quaternary nitrogens is 1. The zero-order chi connectivity index (χ0) is 16.9. The fourth-order valence-corrected chi connectivity index (χ4v) is 1.43. The van der Waals surface area contributed by atoms with Gasteiger partial charge in [0, 0.05) is 6.20 Å². The Labute approximate surface area is 123 Å². The van der Waals surface area contributed by atoms with Crippen molar-refractivity contribution in [3.8, 4) is 24.4 Å². The van der Waals surface area contributed by atoms with Crippen molar-refractivity contribution in [1.29, 1.82) is 21.0 Å². The van der Waals surface area contributed by atoms with Crippen LogP contribution in [0.2, 0.25) is 0 Å². The number of aliphatic carboxylic acids is 1. The lowest BCUT2D eigenvalue weighted by Crippen LogP contribution is -2.62. The molecule has 0 saturated carbocycles. The maximum atomic E-state index is 11.0. The molecule has 0 fully saturated rings. The fraction of sp³-hybridized carbons (Fsp3) is 0.462. The second-order valence-corrected chi connectivity index (χ2v) is 5.61. The molecule has 0 bridgehead atoms. The highest BCUT2D eigenvalue weighted by molar-refractivity contribution is 5.86. The Bertz CT molecular complexity index is 599. The van der Waals surface area contributed by atoms with E-state index in [1.807, 2.05) is 0 Å². The van der Waals surface area contributed by atoms with E-state index in [-0.39, 0.29) is 0 Å². The zero-order valence-electron chi connectivity index (χ0n) is 12.2. The van der Waals surface area contributed by atoms with Gasteiger partial charge in [-0.15, -0.1) is 0 Å². The molecule has 0 aromatic rings. The first-order valence-corrected chi connectivity index (χ1v) is 5.67. The van der Waals surface area contributed by atoms with Crippen LogP contribution in [0.3, 0.4) is 0 Å². The summed E-state index contributed by atoms with van der Waals surface area (Å²) >= 11 is 0. The molecule has 0 aliphatic carbocycles. The van der Waals surface area contributed by atoms with Crippen molar-refractivity contribution in [2.45, 2.75) is 5.54 Å². The SMILES string of the molecule is C[N+](C)(C)C.N#CN1C=CC(C#N)(C#N)C1(C#N)C(=O)[O-]. The summed E-state index contributed by atoms with van der Waals surface area (Å²) in [7, 11) is 8.50. The van der Waals surface area contributed by atoms with E-state index in [0.29, 0.717) is 4.90 Å². The van der Waals surface area contributed by atoms with Crippen LogP contribution in [0.15, 0.2) is 12.3 Å². The highest BCUT2D eigenvalue weighted by atomic mass is 16.4. The molecular weight excluding hydrogens is 272 g/mol. The number of carbonyl (C=O) groups excluding carboxylic acids is 1. The zero-order valence-corrected chi connectivity index (χ0v) is 12.2. The van der Waals surface area contributed by atoms with Gasteiger partial charge in [0.2, 0.25) is 11.0 Å². The van der Waals surface area contributed by atoms with Gasteiger partial charge in [-0.05, 0) is 6.08 Å². The quantitative estimate of drug-likeness (QED) is 0.429. The summed E-state index contributed by atoms with van der Waals surface area (Å²) in [6.07, 6.45) is 3.22. The summed E-state index contributed by atoms with van der Waals surface area (Å²) in [4.78, 5) is 11.4. The average molecular weight is 286 g/mol. The maximum absolute atomic E-state index is 11.0. The topological polar surface area (TPSA) is 139 Å². The Morgan fingerprint density at radius 1 is 1.10 bits per heavy atom. The molecule has 8 heteroatoms. The van der Waals surface area contributed by atoms with E-state index in [4.69, 9.17) is 21.0 Å². The van der Waals surface area contributed by atoms with Crippen LogP contribution in [-0.4, -0.2) is 49.1 Å². The van der Waals surface area contributed by atoms with Gasteiger partial charge in [-0.1, -0.05) is 0 Å². The van der Waals surface area contributed by atoms with Gasteiger partial charge in [0.15, 0.2) is 6.19 Å². The second kappa shape index (κ2) is 5.92. The van der Waals surface area contributed by atoms with Crippen LogP contribution in [0.1, 0.15) is 0 Å². The van der Waals surface area contributed by atoms with E-state index in [1.54, 1.807) is 0 Å². The lowest BCUT2D eigenvalue weighted by Gasteiger charge is -2.34. The molecule has 0 amide bonds. The third-order valence-corrected chi connectivity index (χ3v) is 2.32. The summed E-state index contributed by atoms with van der Waals surface area (Å²) in [5, 5.41) is 46.2.